The molecule has 0 saturated heterocycles. The fraction of sp³-hybridized carbons (Fsp3) is 0.111. The molecule has 4 rings (SSSR count). The van der Waals surface area contributed by atoms with Crippen LogP contribution >= 0.6 is 11.6 Å². The highest BCUT2D eigenvalue weighted by Crippen LogP contribution is 2.32. The second-order valence-corrected chi connectivity index (χ2v) is 8.05. The Morgan fingerprint density at radius 3 is 2.64 bits per heavy atom. The number of hydrogen-bond donors (Lipinski definition) is 1. The lowest BCUT2D eigenvalue weighted by molar-refractivity contribution is -0.384. The fourth-order valence-electron chi connectivity index (χ4n) is 2.97. The van der Waals surface area contributed by atoms with Gasteiger partial charge < -0.3 is 5.32 Å². The predicted molar refractivity (Wildman–Crippen MR) is 105 cm³/mol. The molecular weight excluding hydrogens is 404 g/mol. The molecule has 1 amide bonds. The molecule has 8 nitrogen and oxygen atoms in total. The summed E-state index contributed by atoms with van der Waals surface area (Å²) in [5.41, 5.74) is 2.20. The van der Waals surface area contributed by atoms with E-state index in [2.05, 4.69) is 10.4 Å². The van der Waals surface area contributed by atoms with Gasteiger partial charge >= 0.3 is 0 Å². The monoisotopic (exact) mass is 416 g/mol. The summed E-state index contributed by atoms with van der Waals surface area (Å²) in [5, 5.41) is 18.6. The van der Waals surface area contributed by atoms with Crippen molar-refractivity contribution >= 4 is 39.8 Å². The van der Waals surface area contributed by atoms with Gasteiger partial charge in [-0.25, -0.2) is 4.68 Å². The molecule has 3 aromatic rings. The van der Waals surface area contributed by atoms with E-state index in [1.807, 2.05) is 0 Å². The molecule has 0 spiro atoms. The van der Waals surface area contributed by atoms with Crippen molar-refractivity contribution in [3.63, 3.8) is 0 Å². The van der Waals surface area contributed by atoms with Gasteiger partial charge in [0.2, 0.25) is 0 Å². The quantitative estimate of drug-likeness (QED) is 0.517. The van der Waals surface area contributed by atoms with E-state index in [1.54, 1.807) is 28.9 Å². The number of benzene rings is 2. The summed E-state index contributed by atoms with van der Waals surface area (Å²) < 4.78 is 13.5. The van der Waals surface area contributed by atoms with Crippen LogP contribution < -0.4 is 5.32 Å². The minimum absolute atomic E-state index is 0.100. The highest BCUT2D eigenvalue weighted by molar-refractivity contribution is 7.83. The molecule has 0 radical (unpaired) electrons. The summed E-state index contributed by atoms with van der Waals surface area (Å²) in [5.74, 6) is 0.597. The number of fused-ring (bicyclic) bond motifs is 1. The average Bonchev–Trinajstić information content (AvgIpc) is 3.19. The number of rotatable bonds is 4. The Bertz CT molecular complexity index is 1130. The van der Waals surface area contributed by atoms with E-state index in [0.29, 0.717) is 39.3 Å². The van der Waals surface area contributed by atoms with Crippen LogP contribution in [0.15, 0.2) is 48.5 Å². The van der Waals surface area contributed by atoms with E-state index in [-0.39, 0.29) is 11.3 Å². The van der Waals surface area contributed by atoms with Gasteiger partial charge in [-0.2, -0.15) is 5.10 Å². The van der Waals surface area contributed by atoms with Gasteiger partial charge in [0.25, 0.3) is 11.6 Å². The van der Waals surface area contributed by atoms with Gasteiger partial charge in [-0.3, -0.25) is 19.1 Å². The SMILES string of the molecule is O=C(Nc1c2c(nn1-c1cccc(Cl)c1)CS(=O)C2)c1ccc([N+](=O)[O-])cc1. The zero-order valence-electron chi connectivity index (χ0n) is 14.3. The number of carbonyl (C=O) groups is 1. The smallest absolute Gasteiger partial charge is 0.269 e. The topological polar surface area (TPSA) is 107 Å². The van der Waals surface area contributed by atoms with E-state index in [1.165, 1.54) is 24.3 Å². The summed E-state index contributed by atoms with van der Waals surface area (Å²) in [6.07, 6.45) is 0. The molecule has 1 N–H and O–H groups in total. The molecule has 2 heterocycles. The van der Waals surface area contributed by atoms with Crippen LogP contribution in [0.4, 0.5) is 11.5 Å². The molecule has 0 fully saturated rings. The number of amides is 1. The zero-order valence-corrected chi connectivity index (χ0v) is 15.9. The highest BCUT2D eigenvalue weighted by Gasteiger charge is 2.28. The summed E-state index contributed by atoms with van der Waals surface area (Å²) in [6, 6.07) is 12.3. The van der Waals surface area contributed by atoms with Gasteiger partial charge in [0.05, 0.1) is 27.8 Å². The first kappa shape index (κ1) is 18.3. The Hall–Kier alpha value is -3.04. The minimum atomic E-state index is -1.06. The fourth-order valence-corrected chi connectivity index (χ4v) is 4.41. The molecule has 1 aromatic heterocycles. The van der Waals surface area contributed by atoms with Gasteiger partial charge in [0.1, 0.15) is 5.82 Å². The van der Waals surface area contributed by atoms with E-state index in [9.17, 15) is 19.1 Å². The number of nitrogens with one attached hydrogen (secondary N) is 1. The van der Waals surface area contributed by atoms with Crippen LogP contribution in [0.3, 0.4) is 0 Å². The molecule has 28 heavy (non-hydrogen) atoms. The number of aromatic nitrogens is 2. The lowest BCUT2D eigenvalue weighted by atomic mass is 10.2. The zero-order chi connectivity index (χ0) is 19.8. The molecule has 0 saturated carbocycles. The highest BCUT2D eigenvalue weighted by atomic mass is 35.5. The summed E-state index contributed by atoms with van der Waals surface area (Å²) in [6.45, 7) is 0. The third kappa shape index (κ3) is 3.41. The van der Waals surface area contributed by atoms with E-state index in [0.717, 1.165) is 0 Å². The molecule has 1 aliphatic rings. The lowest BCUT2D eigenvalue weighted by Crippen LogP contribution is -2.16. The number of halogens is 1. The molecule has 2 aromatic carbocycles. The van der Waals surface area contributed by atoms with Crippen molar-refractivity contribution in [2.75, 3.05) is 5.32 Å². The van der Waals surface area contributed by atoms with Crippen molar-refractivity contribution in [1.29, 1.82) is 0 Å². The van der Waals surface area contributed by atoms with Crippen LogP contribution in [0, 0.1) is 10.1 Å². The van der Waals surface area contributed by atoms with Crippen LogP contribution in [0.25, 0.3) is 5.69 Å². The molecule has 10 heteroatoms. The number of nitro benzene ring substituents is 1. The Morgan fingerprint density at radius 2 is 1.96 bits per heavy atom. The standard InChI is InChI=1S/C18H13ClN4O4S/c19-12-2-1-3-14(8-12)22-17(15-9-28(27)10-16(15)21-22)20-18(24)11-4-6-13(7-5-11)23(25)26/h1-8H,9-10H2,(H,20,24). The van der Waals surface area contributed by atoms with Crippen LogP contribution in [0.5, 0.6) is 0 Å². The Kier molecular flexibility index (Phi) is 4.70. The van der Waals surface area contributed by atoms with Gasteiger partial charge in [-0.05, 0) is 30.3 Å². The number of hydrogen-bond acceptors (Lipinski definition) is 5. The van der Waals surface area contributed by atoms with Crippen molar-refractivity contribution in [1.82, 2.24) is 9.78 Å². The first-order chi connectivity index (χ1) is 13.4. The number of carbonyl (C=O) groups excluding carboxylic acids is 1. The Morgan fingerprint density at radius 1 is 1.21 bits per heavy atom. The lowest BCUT2D eigenvalue weighted by Gasteiger charge is -2.11. The average molecular weight is 417 g/mol. The van der Waals surface area contributed by atoms with E-state index < -0.39 is 21.6 Å². The van der Waals surface area contributed by atoms with E-state index >= 15 is 0 Å². The van der Waals surface area contributed by atoms with Gasteiger partial charge in [-0.1, -0.05) is 17.7 Å². The first-order valence-electron chi connectivity index (χ1n) is 8.20. The predicted octanol–water partition coefficient (Wildman–Crippen LogP) is 3.45. The van der Waals surface area contributed by atoms with Gasteiger partial charge in [0.15, 0.2) is 0 Å². The van der Waals surface area contributed by atoms with Crippen LogP contribution in [0.1, 0.15) is 21.6 Å². The van der Waals surface area contributed by atoms with Crippen molar-refractivity contribution in [2.45, 2.75) is 11.5 Å². The molecule has 0 bridgehead atoms. The van der Waals surface area contributed by atoms with Crippen LogP contribution in [0.2, 0.25) is 5.02 Å². The number of anilines is 1. The first-order valence-corrected chi connectivity index (χ1v) is 10.1. The maximum atomic E-state index is 12.7. The Balaban J connectivity index is 1.71. The van der Waals surface area contributed by atoms with Crippen molar-refractivity contribution < 1.29 is 13.9 Å². The molecule has 1 unspecified atom stereocenters. The molecule has 0 aliphatic carbocycles. The molecule has 1 aliphatic heterocycles. The number of non-ortho nitro benzene ring substituents is 1. The second-order valence-electron chi connectivity index (χ2n) is 6.15. The van der Waals surface area contributed by atoms with Crippen LogP contribution in [-0.4, -0.2) is 24.8 Å². The summed E-state index contributed by atoms with van der Waals surface area (Å²) >= 11 is 6.07. The normalized spacial score (nSPS) is 15.2. The third-order valence-corrected chi connectivity index (χ3v) is 5.74. The van der Waals surface area contributed by atoms with Crippen molar-refractivity contribution in [3.05, 3.63) is 80.5 Å². The molecule has 142 valence electrons. The molecule has 1 atom stereocenters. The Labute approximate surface area is 166 Å². The number of nitrogens with zero attached hydrogens (tertiary/aromatic N) is 3. The maximum Gasteiger partial charge on any atom is 0.269 e. The van der Waals surface area contributed by atoms with Gasteiger partial charge in [0, 0.05) is 39.1 Å². The third-order valence-electron chi connectivity index (χ3n) is 4.29. The molecular formula is C18H13ClN4O4S. The summed E-state index contributed by atoms with van der Waals surface area (Å²) in [4.78, 5) is 23.0. The van der Waals surface area contributed by atoms with Gasteiger partial charge in [-0.15, -0.1) is 0 Å². The van der Waals surface area contributed by atoms with Crippen molar-refractivity contribution in [2.24, 2.45) is 0 Å². The number of nitro groups is 1. The second kappa shape index (κ2) is 7.17. The maximum absolute atomic E-state index is 12.7. The largest absolute Gasteiger partial charge is 0.306 e. The van der Waals surface area contributed by atoms with Crippen molar-refractivity contribution in [3.8, 4) is 5.69 Å². The van der Waals surface area contributed by atoms with Crippen LogP contribution in [-0.2, 0) is 22.3 Å². The minimum Gasteiger partial charge on any atom is -0.306 e. The van der Waals surface area contributed by atoms with E-state index in [4.69, 9.17) is 11.6 Å². The summed E-state index contributed by atoms with van der Waals surface area (Å²) in [7, 11) is -1.06.